The Labute approximate surface area is 138 Å². The fourth-order valence-corrected chi connectivity index (χ4v) is 2.89. The molecule has 3 rings (SSSR count). The van der Waals surface area contributed by atoms with E-state index >= 15 is 0 Å². The van der Waals surface area contributed by atoms with Gasteiger partial charge in [0.25, 0.3) is 0 Å². The summed E-state index contributed by atoms with van der Waals surface area (Å²) < 4.78 is 24.8. The van der Waals surface area contributed by atoms with Crippen molar-refractivity contribution in [3.05, 3.63) is 24.0 Å². The molecule has 0 radical (unpaired) electrons. The number of benzene rings is 1. The average Bonchev–Trinajstić information content (AvgIpc) is 2.94. The monoisotopic (exact) mass is 338 g/mol. The van der Waals surface area contributed by atoms with E-state index in [4.69, 9.17) is 14.6 Å². The summed E-state index contributed by atoms with van der Waals surface area (Å²) in [6.45, 7) is 2.59. The van der Waals surface area contributed by atoms with Crippen LogP contribution in [0.5, 0.6) is 0 Å². The molecule has 0 aliphatic carbocycles. The number of nitrogens with zero attached hydrogens (tertiary/aromatic N) is 2. The van der Waals surface area contributed by atoms with E-state index in [-0.39, 0.29) is 19.4 Å². The molecule has 1 aromatic carbocycles. The minimum atomic E-state index is -0.939. The topological polar surface area (TPSA) is 79.3 Å². The Morgan fingerprint density at radius 3 is 2.75 bits per heavy atom. The number of rotatable bonds is 5. The molecule has 8 heteroatoms. The lowest BCUT2D eigenvalue weighted by atomic mass is 10.2. The number of halogens is 1. The van der Waals surface area contributed by atoms with Crippen molar-refractivity contribution in [2.24, 2.45) is 0 Å². The molecule has 2 aliphatic rings. The van der Waals surface area contributed by atoms with Gasteiger partial charge in [-0.2, -0.15) is 0 Å². The number of cyclic esters (lactones) is 1. The molecule has 2 heterocycles. The van der Waals surface area contributed by atoms with E-state index in [0.717, 1.165) is 0 Å². The van der Waals surface area contributed by atoms with Crippen molar-refractivity contribution >= 4 is 23.4 Å². The number of hydrogen-bond donors (Lipinski definition) is 1. The Balaban J connectivity index is 1.69. The van der Waals surface area contributed by atoms with Crippen LogP contribution in [0.3, 0.4) is 0 Å². The molecule has 0 unspecified atom stereocenters. The predicted octanol–water partition coefficient (Wildman–Crippen LogP) is 1.85. The highest BCUT2D eigenvalue weighted by atomic mass is 19.1. The van der Waals surface area contributed by atoms with Gasteiger partial charge in [-0.15, -0.1) is 0 Å². The normalized spacial score (nSPS) is 21.0. The smallest absolute Gasteiger partial charge is 0.414 e. The molecule has 1 atom stereocenters. The van der Waals surface area contributed by atoms with Crippen molar-refractivity contribution in [1.29, 1.82) is 0 Å². The van der Waals surface area contributed by atoms with E-state index in [1.165, 1.54) is 11.0 Å². The van der Waals surface area contributed by atoms with Crippen LogP contribution < -0.4 is 9.80 Å². The van der Waals surface area contributed by atoms with Gasteiger partial charge in [0.1, 0.15) is 11.9 Å². The summed E-state index contributed by atoms with van der Waals surface area (Å²) in [6, 6.07) is 4.63. The first-order chi connectivity index (χ1) is 11.5. The van der Waals surface area contributed by atoms with Crippen LogP contribution in [0.25, 0.3) is 0 Å². The molecule has 1 amide bonds. The molecule has 0 aromatic heterocycles. The van der Waals surface area contributed by atoms with Crippen LogP contribution in [-0.4, -0.2) is 56.1 Å². The molecule has 24 heavy (non-hydrogen) atoms. The molecule has 0 bridgehead atoms. The van der Waals surface area contributed by atoms with Crippen molar-refractivity contribution in [1.82, 2.24) is 0 Å². The van der Waals surface area contributed by atoms with Crippen molar-refractivity contribution in [3.8, 4) is 0 Å². The van der Waals surface area contributed by atoms with E-state index in [1.54, 1.807) is 12.1 Å². The van der Waals surface area contributed by atoms with E-state index in [0.29, 0.717) is 37.7 Å². The molecular weight excluding hydrogens is 319 g/mol. The molecular formula is C16H19FN2O5. The Kier molecular flexibility index (Phi) is 4.84. The lowest BCUT2D eigenvalue weighted by Crippen LogP contribution is -2.36. The summed E-state index contributed by atoms with van der Waals surface area (Å²) in [6.07, 6.45) is -0.901. The van der Waals surface area contributed by atoms with Gasteiger partial charge in [0.2, 0.25) is 0 Å². The lowest BCUT2D eigenvalue weighted by Gasteiger charge is -2.29. The third-order valence-corrected chi connectivity index (χ3v) is 4.15. The molecule has 130 valence electrons. The first-order valence-electron chi connectivity index (χ1n) is 7.87. The summed E-state index contributed by atoms with van der Waals surface area (Å²) in [7, 11) is 0. The highest BCUT2D eigenvalue weighted by Gasteiger charge is 2.33. The molecule has 2 aliphatic heterocycles. The van der Waals surface area contributed by atoms with Gasteiger partial charge in [-0.25, -0.2) is 9.18 Å². The molecule has 2 saturated heterocycles. The maximum absolute atomic E-state index is 14.4. The summed E-state index contributed by atoms with van der Waals surface area (Å²) in [4.78, 5) is 25.8. The third kappa shape index (κ3) is 3.59. The number of ether oxygens (including phenoxy) is 2. The molecule has 1 aromatic rings. The molecule has 0 spiro atoms. The number of carbonyl (C=O) groups is 2. The predicted molar refractivity (Wildman–Crippen MR) is 83.9 cm³/mol. The molecule has 2 fully saturated rings. The van der Waals surface area contributed by atoms with Crippen molar-refractivity contribution in [2.45, 2.75) is 18.9 Å². The van der Waals surface area contributed by atoms with Gasteiger partial charge in [-0.1, -0.05) is 0 Å². The van der Waals surface area contributed by atoms with Gasteiger partial charge in [0.05, 0.1) is 31.1 Å². The van der Waals surface area contributed by atoms with Crippen LogP contribution in [-0.2, 0) is 14.3 Å². The minimum Gasteiger partial charge on any atom is -0.481 e. The van der Waals surface area contributed by atoms with Gasteiger partial charge in [0.15, 0.2) is 0 Å². The number of anilines is 2. The van der Waals surface area contributed by atoms with Crippen LogP contribution in [0.2, 0.25) is 0 Å². The van der Waals surface area contributed by atoms with Crippen LogP contribution in [0.15, 0.2) is 18.2 Å². The summed E-state index contributed by atoms with van der Waals surface area (Å²) in [5.74, 6) is -1.35. The fourth-order valence-electron chi connectivity index (χ4n) is 2.89. The zero-order valence-electron chi connectivity index (χ0n) is 13.1. The number of amides is 1. The number of hydrogen-bond acceptors (Lipinski definition) is 5. The van der Waals surface area contributed by atoms with Crippen LogP contribution in [0.1, 0.15) is 12.8 Å². The van der Waals surface area contributed by atoms with Gasteiger partial charge in [0, 0.05) is 19.5 Å². The Morgan fingerprint density at radius 1 is 1.33 bits per heavy atom. The van der Waals surface area contributed by atoms with Crippen molar-refractivity contribution in [2.75, 3.05) is 42.6 Å². The number of aliphatic carboxylic acids is 1. The number of carboxylic acids is 1. The van der Waals surface area contributed by atoms with Gasteiger partial charge < -0.3 is 19.5 Å². The quantitative estimate of drug-likeness (QED) is 0.883. The standard InChI is InChI=1S/C16H19FN2O5/c17-13-9-11(1-3-14(13)18-5-7-23-8-6-18)19-10-12(24-16(19)22)2-4-15(20)21/h1,3,9,12H,2,4-8,10H2,(H,20,21)/t12-/m1/s1. The zero-order chi connectivity index (χ0) is 17.1. The average molecular weight is 338 g/mol. The zero-order valence-corrected chi connectivity index (χ0v) is 13.1. The van der Waals surface area contributed by atoms with E-state index < -0.39 is 24.0 Å². The first-order valence-corrected chi connectivity index (χ1v) is 7.87. The maximum Gasteiger partial charge on any atom is 0.414 e. The second-order valence-corrected chi connectivity index (χ2v) is 5.78. The largest absolute Gasteiger partial charge is 0.481 e. The first kappa shape index (κ1) is 16.5. The Hall–Kier alpha value is -2.35. The van der Waals surface area contributed by atoms with Gasteiger partial charge >= 0.3 is 12.1 Å². The summed E-state index contributed by atoms with van der Waals surface area (Å²) >= 11 is 0. The number of carbonyl (C=O) groups excluding carboxylic acids is 1. The highest BCUT2D eigenvalue weighted by Crippen LogP contribution is 2.29. The fraction of sp³-hybridized carbons (Fsp3) is 0.500. The van der Waals surface area contributed by atoms with Crippen LogP contribution in [0.4, 0.5) is 20.6 Å². The lowest BCUT2D eigenvalue weighted by molar-refractivity contribution is -0.137. The maximum atomic E-state index is 14.4. The second kappa shape index (κ2) is 7.04. The summed E-state index contributed by atoms with van der Waals surface area (Å²) in [5, 5.41) is 8.70. The van der Waals surface area contributed by atoms with Crippen molar-refractivity contribution < 1.29 is 28.6 Å². The van der Waals surface area contributed by atoms with Gasteiger partial charge in [-0.05, 0) is 24.6 Å². The SMILES string of the molecule is O=C(O)CC[C@@H]1CN(c2ccc(N3CCOCC3)c(F)c2)C(=O)O1. The van der Waals surface area contributed by atoms with Crippen LogP contribution in [0, 0.1) is 5.82 Å². The van der Waals surface area contributed by atoms with Crippen LogP contribution >= 0.6 is 0 Å². The molecule has 1 N–H and O–H groups in total. The van der Waals surface area contributed by atoms with Gasteiger partial charge in [-0.3, -0.25) is 9.69 Å². The number of carboxylic acid groups (broad SMARTS) is 1. The number of morpholine rings is 1. The summed E-state index contributed by atoms with van der Waals surface area (Å²) in [5.41, 5.74) is 0.893. The molecule has 0 saturated carbocycles. The Morgan fingerprint density at radius 2 is 2.08 bits per heavy atom. The Bertz CT molecular complexity index is 633. The minimum absolute atomic E-state index is 0.0733. The third-order valence-electron chi connectivity index (χ3n) is 4.15. The molecule has 7 nitrogen and oxygen atoms in total. The second-order valence-electron chi connectivity index (χ2n) is 5.78. The van der Waals surface area contributed by atoms with Crippen molar-refractivity contribution in [3.63, 3.8) is 0 Å². The van der Waals surface area contributed by atoms with E-state index in [1.807, 2.05) is 4.90 Å². The van der Waals surface area contributed by atoms with E-state index in [2.05, 4.69) is 0 Å². The van der Waals surface area contributed by atoms with E-state index in [9.17, 15) is 14.0 Å². The highest BCUT2D eigenvalue weighted by molar-refractivity contribution is 5.90.